The van der Waals surface area contributed by atoms with Crippen LogP contribution in [0.15, 0.2) is 24.3 Å². The second kappa shape index (κ2) is 8.57. The van der Waals surface area contributed by atoms with E-state index in [4.69, 9.17) is 4.74 Å². The third kappa shape index (κ3) is 5.77. The predicted molar refractivity (Wildman–Crippen MR) is 78.7 cm³/mol. The lowest BCUT2D eigenvalue weighted by molar-refractivity contribution is 0.0938. The normalized spacial score (nSPS) is 11.9. The molecule has 1 aromatic rings. The summed E-state index contributed by atoms with van der Waals surface area (Å²) < 4.78 is 5.36. The van der Waals surface area contributed by atoms with Gasteiger partial charge in [0.15, 0.2) is 0 Å². The van der Waals surface area contributed by atoms with Crippen molar-refractivity contribution < 1.29 is 9.53 Å². The number of ether oxygens (including phenoxy) is 1. The number of nitrogens with one attached hydrogen (secondary N) is 1. The molecule has 1 atom stereocenters. The van der Waals surface area contributed by atoms with E-state index in [1.807, 2.05) is 19.1 Å². The summed E-state index contributed by atoms with van der Waals surface area (Å²) in [5.74, 6) is 0.794. The number of hydrogen-bond acceptors (Lipinski definition) is 2. The fourth-order valence-corrected chi connectivity index (χ4v) is 1.95. The summed E-state index contributed by atoms with van der Waals surface area (Å²) in [6.45, 7) is 6.82. The molecule has 0 aromatic heterocycles. The summed E-state index contributed by atoms with van der Waals surface area (Å²) in [4.78, 5) is 12.0. The molecule has 0 saturated carbocycles. The molecule has 3 heteroatoms. The molecule has 1 aromatic carbocycles. The molecule has 0 saturated heterocycles. The number of carbonyl (C=O) groups is 1. The first-order valence-corrected chi connectivity index (χ1v) is 7.21. The topological polar surface area (TPSA) is 38.3 Å². The maximum absolute atomic E-state index is 12.0. The van der Waals surface area contributed by atoms with Gasteiger partial charge >= 0.3 is 0 Å². The average Bonchev–Trinajstić information content (AvgIpc) is 2.40. The minimum Gasteiger partial charge on any atom is -0.494 e. The quantitative estimate of drug-likeness (QED) is 0.725. The zero-order valence-corrected chi connectivity index (χ0v) is 12.2. The molecule has 0 aliphatic carbocycles. The molecule has 1 N–H and O–H groups in total. The monoisotopic (exact) mass is 263 g/mol. The molecule has 3 nitrogen and oxygen atoms in total. The third-order valence-electron chi connectivity index (χ3n) is 3.05. The number of rotatable bonds is 8. The Balaban J connectivity index is 2.44. The molecule has 1 amide bonds. The van der Waals surface area contributed by atoms with Crippen molar-refractivity contribution >= 4 is 5.91 Å². The van der Waals surface area contributed by atoms with Crippen LogP contribution in [0.4, 0.5) is 0 Å². The van der Waals surface area contributed by atoms with Gasteiger partial charge in [0.1, 0.15) is 5.75 Å². The Kier molecular flexibility index (Phi) is 7.01. The van der Waals surface area contributed by atoms with E-state index in [0.717, 1.165) is 12.2 Å². The number of carbonyl (C=O) groups excluding carboxylic acids is 1. The summed E-state index contributed by atoms with van der Waals surface area (Å²) in [6, 6.07) is 7.50. The van der Waals surface area contributed by atoms with Crippen LogP contribution in [-0.4, -0.2) is 18.6 Å². The van der Waals surface area contributed by atoms with Crippen LogP contribution in [0.25, 0.3) is 0 Å². The summed E-state index contributed by atoms with van der Waals surface area (Å²) >= 11 is 0. The molecule has 106 valence electrons. The van der Waals surface area contributed by atoms with Gasteiger partial charge in [0, 0.05) is 11.6 Å². The van der Waals surface area contributed by atoms with E-state index in [1.165, 1.54) is 19.3 Å². The summed E-state index contributed by atoms with van der Waals surface area (Å²) in [6.07, 6.45) is 4.64. The Morgan fingerprint density at radius 3 is 2.47 bits per heavy atom. The molecular weight excluding hydrogens is 238 g/mol. The molecule has 0 aliphatic rings. The van der Waals surface area contributed by atoms with Gasteiger partial charge < -0.3 is 10.1 Å². The highest BCUT2D eigenvalue weighted by Crippen LogP contribution is 2.12. The van der Waals surface area contributed by atoms with Crippen LogP contribution in [-0.2, 0) is 0 Å². The number of benzene rings is 1. The van der Waals surface area contributed by atoms with Gasteiger partial charge in [-0.05, 0) is 44.5 Å². The average molecular weight is 263 g/mol. The molecule has 0 radical (unpaired) electrons. The first kappa shape index (κ1) is 15.5. The van der Waals surface area contributed by atoms with Crippen LogP contribution in [0, 0.1) is 0 Å². The SMILES string of the molecule is CCCCCC(C)NC(=O)c1ccc(OCC)cc1. The van der Waals surface area contributed by atoms with Gasteiger partial charge in [0.25, 0.3) is 5.91 Å². The molecule has 19 heavy (non-hydrogen) atoms. The molecule has 0 fully saturated rings. The van der Waals surface area contributed by atoms with Gasteiger partial charge in [-0.1, -0.05) is 26.2 Å². The zero-order chi connectivity index (χ0) is 14.1. The van der Waals surface area contributed by atoms with Gasteiger partial charge in [-0.25, -0.2) is 0 Å². The Bertz CT molecular complexity index is 373. The number of unbranched alkanes of at least 4 members (excludes halogenated alkanes) is 2. The Labute approximate surface area is 116 Å². The van der Waals surface area contributed by atoms with Crippen LogP contribution in [0.1, 0.15) is 56.8 Å². The highest BCUT2D eigenvalue weighted by atomic mass is 16.5. The molecule has 0 heterocycles. The minimum absolute atomic E-state index is 0.00736. The van der Waals surface area contributed by atoms with Gasteiger partial charge in [-0.2, -0.15) is 0 Å². The van der Waals surface area contributed by atoms with Gasteiger partial charge in [0.2, 0.25) is 0 Å². The predicted octanol–water partition coefficient (Wildman–Crippen LogP) is 3.78. The highest BCUT2D eigenvalue weighted by molar-refractivity contribution is 5.94. The van der Waals surface area contributed by atoms with Gasteiger partial charge in [-0.3, -0.25) is 4.79 Å². The van der Waals surface area contributed by atoms with E-state index in [0.29, 0.717) is 12.2 Å². The van der Waals surface area contributed by atoms with Crippen LogP contribution in [0.3, 0.4) is 0 Å². The van der Waals surface area contributed by atoms with E-state index in [-0.39, 0.29) is 11.9 Å². The summed E-state index contributed by atoms with van der Waals surface area (Å²) in [7, 11) is 0. The summed E-state index contributed by atoms with van der Waals surface area (Å²) in [5.41, 5.74) is 0.686. The minimum atomic E-state index is -0.00736. The van der Waals surface area contributed by atoms with E-state index < -0.39 is 0 Å². The van der Waals surface area contributed by atoms with Gasteiger partial charge in [0.05, 0.1) is 6.61 Å². The largest absolute Gasteiger partial charge is 0.494 e. The van der Waals surface area contributed by atoms with Crippen molar-refractivity contribution in [2.24, 2.45) is 0 Å². The first-order valence-electron chi connectivity index (χ1n) is 7.21. The zero-order valence-electron chi connectivity index (χ0n) is 12.2. The molecule has 1 rings (SSSR count). The van der Waals surface area contributed by atoms with Crippen molar-refractivity contribution in [1.82, 2.24) is 5.32 Å². The fourth-order valence-electron chi connectivity index (χ4n) is 1.95. The highest BCUT2D eigenvalue weighted by Gasteiger charge is 2.09. The maximum Gasteiger partial charge on any atom is 0.251 e. The lowest BCUT2D eigenvalue weighted by Gasteiger charge is -2.13. The second-order valence-electron chi connectivity index (χ2n) is 4.83. The number of amides is 1. The van der Waals surface area contributed by atoms with E-state index in [1.54, 1.807) is 12.1 Å². The molecule has 1 unspecified atom stereocenters. The van der Waals surface area contributed by atoms with Crippen molar-refractivity contribution in [3.05, 3.63) is 29.8 Å². The summed E-state index contributed by atoms with van der Waals surface area (Å²) in [5, 5.41) is 3.03. The van der Waals surface area contributed by atoms with Gasteiger partial charge in [-0.15, -0.1) is 0 Å². The van der Waals surface area contributed by atoms with Crippen molar-refractivity contribution in [2.45, 2.75) is 52.5 Å². The lowest BCUT2D eigenvalue weighted by Crippen LogP contribution is -2.32. The molecule has 0 aliphatic heterocycles. The van der Waals surface area contributed by atoms with Crippen LogP contribution in [0.5, 0.6) is 5.75 Å². The Morgan fingerprint density at radius 2 is 1.89 bits per heavy atom. The standard InChI is InChI=1S/C16H25NO2/c1-4-6-7-8-13(3)17-16(18)14-9-11-15(12-10-14)19-5-2/h9-13H,4-8H2,1-3H3,(H,17,18). The van der Waals surface area contributed by atoms with Crippen LogP contribution >= 0.6 is 0 Å². The van der Waals surface area contributed by atoms with E-state index >= 15 is 0 Å². The smallest absolute Gasteiger partial charge is 0.251 e. The Hall–Kier alpha value is -1.51. The lowest BCUT2D eigenvalue weighted by atomic mass is 10.1. The number of hydrogen-bond donors (Lipinski definition) is 1. The van der Waals surface area contributed by atoms with Crippen molar-refractivity contribution in [1.29, 1.82) is 0 Å². The molecular formula is C16H25NO2. The second-order valence-corrected chi connectivity index (χ2v) is 4.83. The molecule has 0 bridgehead atoms. The van der Waals surface area contributed by atoms with Crippen molar-refractivity contribution in [3.8, 4) is 5.75 Å². The van der Waals surface area contributed by atoms with Crippen molar-refractivity contribution in [3.63, 3.8) is 0 Å². The van der Waals surface area contributed by atoms with E-state index in [9.17, 15) is 4.79 Å². The third-order valence-corrected chi connectivity index (χ3v) is 3.05. The van der Waals surface area contributed by atoms with E-state index in [2.05, 4.69) is 19.2 Å². The van der Waals surface area contributed by atoms with Crippen molar-refractivity contribution in [2.75, 3.05) is 6.61 Å². The molecule has 0 spiro atoms. The Morgan fingerprint density at radius 1 is 1.21 bits per heavy atom. The first-order chi connectivity index (χ1) is 9.17. The maximum atomic E-state index is 12.0. The fraction of sp³-hybridized carbons (Fsp3) is 0.562. The van der Waals surface area contributed by atoms with Crippen LogP contribution < -0.4 is 10.1 Å². The van der Waals surface area contributed by atoms with Crippen LogP contribution in [0.2, 0.25) is 0 Å².